The van der Waals surface area contributed by atoms with Gasteiger partial charge in [0.2, 0.25) is 5.91 Å². The van der Waals surface area contributed by atoms with Crippen LogP contribution in [-0.4, -0.2) is 17.4 Å². The third kappa shape index (κ3) is 2.08. The molecule has 1 amide bonds. The summed E-state index contributed by atoms with van der Waals surface area (Å²) in [6, 6.07) is 5.96. The Balaban J connectivity index is 2.25. The van der Waals surface area contributed by atoms with Gasteiger partial charge in [-0.3, -0.25) is 9.69 Å². The standard InChI is InChI=1S/C13H18N2O/c1-3-10(2)11-6-4-7-12(14-11)15-9-5-8-13(15)16/h4,6-7,10H,3,5,8-9H2,1-2H3. The molecule has 1 atom stereocenters. The number of rotatable bonds is 3. The third-order valence-electron chi connectivity index (χ3n) is 3.22. The van der Waals surface area contributed by atoms with Crippen LogP contribution in [0, 0.1) is 0 Å². The fourth-order valence-corrected chi connectivity index (χ4v) is 1.96. The van der Waals surface area contributed by atoms with Gasteiger partial charge < -0.3 is 0 Å². The molecule has 86 valence electrons. The quantitative estimate of drug-likeness (QED) is 0.781. The van der Waals surface area contributed by atoms with Gasteiger partial charge >= 0.3 is 0 Å². The van der Waals surface area contributed by atoms with Gasteiger partial charge in [-0.05, 0) is 30.9 Å². The summed E-state index contributed by atoms with van der Waals surface area (Å²) in [7, 11) is 0. The van der Waals surface area contributed by atoms with E-state index in [1.54, 1.807) is 4.90 Å². The van der Waals surface area contributed by atoms with Crippen molar-refractivity contribution in [2.75, 3.05) is 11.4 Å². The molecule has 1 unspecified atom stereocenters. The maximum Gasteiger partial charge on any atom is 0.228 e. The molecule has 0 saturated carbocycles. The van der Waals surface area contributed by atoms with Crippen LogP contribution in [0.3, 0.4) is 0 Å². The molecule has 1 aliphatic rings. The lowest BCUT2D eigenvalue weighted by atomic mass is 10.0. The van der Waals surface area contributed by atoms with Gasteiger partial charge in [-0.1, -0.05) is 19.9 Å². The van der Waals surface area contributed by atoms with Crippen LogP contribution in [-0.2, 0) is 4.79 Å². The average molecular weight is 218 g/mol. The molecule has 0 radical (unpaired) electrons. The van der Waals surface area contributed by atoms with Gasteiger partial charge in [0, 0.05) is 18.7 Å². The number of pyridine rings is 1. The summed E-state index contributed by atoms with van der Waals surface area (Å²) in [6.07, 6.45) is 2.69. The zero-order valence-electron chi connectivity index (χ0n) is 9.94. The van der Waals surface area contributed by atoms with Gasteiger partial charge in [-0.15, -0.1) is 0 Å². The maximum atomic E-state index is 11.6. The third-order valence-corrected chi connectivity index (χ3v) is 3.22. The second-order valence-electron chi connectivity index (χ2n) is 4.38. The summed E-state index contributed by atoms with van der Waals surface area (Å²) in [5.74, 6) is 1.48. The lowest BCUT2D eigenvalue weighted by Gasteiger charge is -2.16. The highest BCUT2D eigenvalue weighted by Crippen LogP contribution is 2.22. The number of hydrogen-bond acceptors (Lipinski definition) is 2. The van der Waals surface area contributed by atoms with Gasteiger partial charge in [-0.25, -0.2) is 4.98 Å². The summed E-state index contributed by atoms with van der Waals surface area (Å²) in [5.41, 5.74) is 1.08. The number of anilines is 1. The number of nitrogens with zero attached hydrogens (tertiary/aromatic N) is 2. The van der Waals surface area contributed by atoms with Crippen molar-refractivity contribution in [3.63, 3.8) is 0 Å². The Morgan fingerprint density at radius 3 is 2.94 bits per heavy atom. The van der Waals surface area contributed by atoms with E-state index < -0.39 is 0 Å². The predicted octanol–water partition coefficient (Wildman–Crippen LogP) is 2.72. The van der Waals surface area contributed by atoms with E-state index in [-0.39, 0.29) is 5.91 Å². The van der Waals surface area contributed by atoms with Gasteiger partial charge in [0.05, 0.1) is 0 Å². The van der Waals surface area contributed by atoms with Gasteiger partial charge in [0.15, 0.2) is 0 Å². The minimum atomic E-state index is 0.203. The number of carbonyl (C=O) groups excluding carboxylic acids is 1. The largest absolute Gasteiger partial charge is 0.297 e. The molecule has 2 heterocycles. The van der Waals surface area contributed by atoms with E-state index in [2.05, 4.69) is 18.8 Å². The molecule has 0 aliphatic carbocycles. The first-order valence-electron chi connectivity index (χ1n) is 5.99. The number of amides is 1. The molecule has 2 rings (SSSR count). The van der Waals surface area contributed by atoms with Crippen LogP contribution >= 0.6 is 0 Å². The van der Waals surface area contributed by atoms with Crippen molar-refractivity contribution < 1.29 is 4.79 Å². The molecule has 1 aromatic rings. The Hall–Kier alpha value is -1.38. The van der Waals surface area contributed by atoms with Crippen LogP contribution in [0.2, 0.25) is 0 Å². The van der Waals surface area contributed by atoms with Crippen LogP contribution < -0.4 is 4.90 Å². The highest BCUT2D eigenvalue weighted by Gasteiger charge is 2.22. The number of hydrogen-bond donors (Lipinski definition) is 0. The lowest BCUT2D eigenvalue weighted by Crippen LogP contribution is -2.25. The molecular weight excluding hydrogens is 200 g/mol. The second kappa shape index (κ2) is 4.64. The Morgan fingerprint density at radius 2 is 2.31 bits per heavy atom. The summed E-state index contributed by atoms with van der Waals surface area (Å²) in [5, 5.41) is 0. The van der Waals surface area contributed by atoms with Crippen molar-refractivity contribution in [2.45, 2.75) is 39.0 Å². The number of carbonyl (C=O) groups is 1. The van der Waals surface area contributed by atoms with Crippen molar-refractivity contribution in [2.24, 2.45) is 0 Å². The SMILES string of the molecule is CCC(C)c1cccc(N2CCCC2=O)n1. The molecular formula is C13H18N2O. The van der Waals surface area contributed by atoms with Crippen LogP contribution in [0.5, 0.6) is 0 Å². The molecule has 1 aromatic heterocycles. The molecule has 16 heavy (non-hydrogen) atoms. The fourth-order valence-electron chi connectivity index (χ4n) is 1.96. The topological polar surface area (TPSA) is 33.2 Å². The van der Waals surface area contributed by atoms with Gasteiger partial charge in [0.25, 0.3) is 0 Å². The monoisotopic (exact) mass is 218 g/mol. The van der Waals surface area contributed by atoms with E-state index >= 15 is 0 Å². The predicted molar refractivity (Wildman–Crippen MR) is 64.5 cm³/mol. The average Bonchev–Trinajstić information content (AvgIpc) is 2.74. The van der Waals surface area contributed by atoms with E-state index in [0.29, 0.717) is 12.3 Å². The van der Waals surface area contributed by atoms with Gasteiger partial charge in [-0.2, -0.15) is 0 Å². The molecule has 1 fully saturated rings. The van der Waals surface area contributed by atoms with Gasteiger partial charge in [0.1, 0.15) is 5.82 Å². The molecule has 1 aliphatic heterocycles. The van der Waals surface area contributed by atoms with Crippen LogP contribution in [0.4, 0.5) is 5.82 Å². The molecule has 3 nitrogen and oxygen atoms in total. The highest BCUT2D eigenvalue weighted by molar-refractivity contribution is 5.94. The fraction of sp³-hybridized carbons (Fsp3) is 0.538. The summed E-state index contributed by atoms with van der Waals surface area (Å²) >= 11 is 0. The minimum Gasteiger partial charge on any atom is -0.297 e. The van der Waals surface area contributed by atoms with E-state index in [9.17, 15) is 4.79 Å². The molecule has 0 aromatic carbocycles. The van der Waals surface area contributed by atoms with E-state index in [1.165, 1.54) is 0 Å². The summed E-state index contributed by atoms with van der Waals surface area (Å²) < 4.78 is 0. The van der Waals surface area contributed by atoms with Crippen LogP contribution in [0.25, 0.3) is 0 Å². The summed E-state index contributed by atoms with van der Waals surface area (Å²) in [6.45, 7) is 5.13. The second-order valence-corrected chi connectivity index (χ2v) is 4.38. The normalized spacial score (nSPS) is 17.9. The lowest BCUT2D eigenvalue weighted by molar-refractivity contribution is -0.117. The smallest absolute Gasteiger partial charge is 0.228 e. The zero-order chi connectivity index (χ0) is 11.5. The Kier molecular flexibility index (Phi) is 3.22. The van der Waals surface area contributed by atoms with E-state index in [1.807, 2.05) is 18.2 Å². The van der Waals surface area contributed by atoms with Crippen LogP contribution in [0.1, 0.15) is 44.7 Å². The first kappa shape index (κ1) is 11.1. The first-order chi connectivity index (χ1) is 7.72. The van der Waals surface area contributed by atoms with Crippen molar-refractivity contribution in [1.29, 1.82) is 0 Å². The molecule has 0 spiro atoms. The number of aromatic nitrogens is 1. The molecule has 0 N–H and O–H groups in total. The minimum absolute atomic E-state index is 0.203. The van der Waals surface area contributed by atoms with Crippen molar-refractivity contribution in [3.8, 4) is 0 Å². The molecule has 0 bridgehead atoms. The molecule has 3 heteroatoms. The van der Waals surface area contributed by atoms with E-state index in [0.717, 1.165) is 30.9 Å². The van der Waals surface area contributed by atoms with Crippen LogP contribution in [0.15, 0.2) is 18.2 Å². The zero-order valence-corrected chi connectivity index (χ0v) is 9.94. The van der Waals surface area contributed by atoms with Crippen molar-refractivity contribution in [3.05, 3.63) is 23.9 Å². The highest BCUT2D eigenvalue weighted by atomic mass is 16.2. The maximum absolute atomic E-state index is 11.6. The van der Waals surface area contributed by atoms with Crippen molar-refractivity contribution >= 4 is 11.7 Å². The van der Waals surface area contributed by atoms with E-state index in [4.69, 9.17) is 0 Å². The molecule has 1 saturated heterocycles. The summed E-state index contributed by atoms with van der Waals surface area (Å²) in [4.78, 5) is 18.0. The van der Waals surface area contributed by atoms with Crippen molar-refractivity contribution in [1.82, 2.24) is 4.98 Å². The Labute approximate surface area is 96.5 Å². The Bertz CT molecular complexity index is 389. The first-order valence-corrected chi connectivity index (χ1v) is 5.99. The Morgan fingerprint density at radius 1 is 1.50 bits per heavy atom.